The van der Waals surface area contributed by atoms with Crippen LogP contribution < -0.4 is 9.64 Å². The van der Waals surface area contributed by atoms with Gasteiger partial charge in [-0.3, -0.25) is 14.5 Å². The van der Waals surface area contributed by atoms with E-state index < -0.39 is 0 Å². The zero-order valence-corrected chi connectivity index (χ0v) is 17.2. The molecule has 6 nitrogen and oxygen atoms in total. The molecule has 0 unspecified atom stereocenters. The summed E-state index contributed by atoms with van der Waals surface area (Å²) in [7, 11) is 0. The molecule has 28 heavy (non-hydrogen) atoms. The molecule has 0 aliphatic carbocycles. The number of nitrogens with zero attached hydrogens (tertiary/aromatic N) is 2. The van der Waals surface area contributed by atoms with Crippen molar-refractivity contribution in [1.29, 1.82) is 0 Å². The Bertz CT molecular complexity index is 864. The lowest BCUT2D eigenvalue weighted by molar-refractivity contribution is 0.0921. The maximum absolute atomic E-state index is 12.8. The molecular formula is C22H29N3O3. The number of hydrogen-bond donors (Lipinski definition) is 1. The fourth-order valence-corrected chi connectivity index (χ4v) is 3.98. The molecule has 1 fully saturated rings. The smallest absolute Gasteiger partial charge is 0.193 e. The summed E-state index contributed by atoms with van der Waals surface area (Å²) in [5.41, 5.74) is 3.84. The number of rotatable bonds is 7. The van der Waals surface area contributed by atoms with E-state index in [-0.39, 0.29) is 11.6 Å². The molecule has 1 aliphatic heterocycles. The molecule has 1 saturated heterocycles. The standard InChI is InChI=1S/C22H29N3O3/c1-5-28-20-9-7-6-8-18(20)25-12-10-24(11-13-25)14-19(27)22-15(2)21(17(4)26)16(3)23-22/h6-9,23H,5,10-14H2,1-4H3. The van der Waals surface area contributed by atoms with E-state index >= 15 is 0 Å². The molecule has 2 heterocycles. The van der Waals surface area contributed by atoms with Gasteiger partial charge in [0.05, 0.1) is 24.5 Å². The van der Waals surface area contributed by atoms with Crippen molar-refractivity contribution in [2.45, 2.75) is 27.7 Å². The van der Waals surface area contributed by atoms with E-state index in [4.69, 9.17) is 4.74 Å². The SMILES string of the molecule is CCOc1ccccc1N1CCN(CC(=O)c2[nH]c(C)c(C(C)=O)c2C)CC1. The van der Waals surface area contributed by atoms with Crippen LogP contribution in [0.4, 0.5) is 5.69 Å². The number of ether oxygens (including phenoxy) is 1. The van der Waals surface area contributed by atoms with Gasteiger partial charge in [0, 0.05) is 37.4 Å². The number of carbonyl (C=O) groups is 2. The minimum Gasteiger partial charge on any atom is -0.492 e. The maximum Gasteiger partial charge on any atom is 0.193 e. The van der Waals surface area contributed by atoms with Crippen LogP contribution >= 0.6 is 0 Å². The lowest BCUT2D eigenvalue weighted by Gasteiger charge is -2.36. The number of benzene rings is 1. The largest absolute Gasteiger partial charge is 0.492 e. The van der Waals surface area contributed by atoms with Gasteiger partial charge in [-0.2, -0.15) is 0 Å². The molecule has 1 N–H and O–H groups in total. The predicted molar refractivity (Wildman–Crippen MR) is 111 cm³/mol. The minimum absolute atomic E-state index is 0.00752. The van der Waals surface area contributed by atoms with Crippen molar-refractivity contribution in [3.8, 4) is 5.75 Å². The molecule has 0 radical (unpaired) electrons. The van der Waals surface area contributed by atoms with Crippen LogP contribution in [0.5, 0.6) is 5.75 Å². The van der Waals surface area contributed by atoms with Gasteiger partial charge < -0.3 is 14.6 Å². The summed E-state index contributed by atoms with van der Waals surface area (Å²) < 4.78 is 5.74. The Morgan fingerprint density at radius 2 is 1.79 bits per heavy atom. The predicted octanol–water partition coefficient (Wildman–Crippen LogP) is 3.24. The van der Waals surface area contributed by atoms with Gasteiger partial charge in [-0.15, -0.1) is 0 Å². The minimum atomic E-state index is -0.00752. The van der Waals surface area contributed by atoms with Crippen molar-refractivity contribution < 1.29 is 14.3 Å². The fourth-order valence-electron chi connectivity index (χ4n) is 3.98. The molecule has 3 rings (SSSR count). The topological polar surface area (TPSA) is 65.6 Å². The number of aromatic nitrogens is 1. The third-order valence-electron chi connectivity index (χ3n) is 5.31. The number of aromatic amines is 1. The van der Waals surface area contributed by atoms with Gasteiger partial charge >= 0.3 is 0 Å². The van der Waals surface area contributed by atoms with Gasteiger partial charge in [0.15, 0.2) is 11.6 Å². The second-order valence-electron chi connectivity index (χ2n) is 7.27. The number of ketones is 2. The van der Waals surface area contributed by atoms with Crippen molar-refractivity contribution in [1.82, 2.24) is 9.88 Å². The first-order valence-electron chi connectivity index (χ1n) is 9.84. The van der Waals surface area contributed by atoms with Crippen LogP contribution in [-0.4, -0.2) is 60.8 Å². The van der Waals surface area contributed by atoms with E-state index in [0.29, 0.717) is 24.4 Å². The third-order valence-corrected chi connectivity index (χ3v) is 5.31. The summed E-state index contributed by atoms with van der Waals surface area (Å²) in [6.45, 7) is 11.5. The lowest BCUT2D eigenvalue weighted by Crippen LogP contribution is -2.48. The number of aryl methyl sites for hydroxylation is 1. The van der Waals surface area contributed by atoms with E-state index in [1.54, 1.807) is 0 Å². The quantitative estimate of drug-likeness (QED) is 0.744. The Kier molecular flexibility index (Phi) is 6.19. The second-order valence-corrected chi connectivity index (χ2v) is 7.27. The Morgan fingerprint density at radius 1 is 1.11 bits per heavy atom. The normalized spacial score (nSPS) is 14.9. The van der Waals surface area contributed by atoms with Gasteiger partial charge in [-0.1, -0.05) is 12.1 Å². The van der Waals surface area contributed by atoms with Crippen molar-refractivity contribution in [2.24, 2.45) is 0 Å². The van der Waals surface area contributed by atoms with Crippen molar-refractivity contribution in [3.05, 3.63) is 46.8 Å². The van der Waals surface area contributed by atoms with E-state index in [0.717, 1.165) is 48.9 Å². The molecule has 0 spiro atoms. The zero-order chi connectivity index (χ0) is 20.3. The molecular weight excluding hydrogens is 354 g/mol. The Hall–Kier alpha value is -2.60. The summed E-state index contributed by atoms with van der Waals surface area (Å²) in [4.78, 5) is 32.2. The van der Waals surface area contributed by atoms with E-state index in [9.17, 15) is 9.59 Å². The summed E-state index contributed by atoms with van der Waals surface area (Å²) >= 11 is 0. The van der Waals surface area contributed by atoms with Crippen LogP contribution in [-0.2, 0) is 0 Å². The third kappa shape index (κ3) is 4.12. The van der Waals surface area contributed by atoms with Gasteiger partial charge in [0.25, 0.3) is 0 Å². The zero-order valence-electron chi connectivity index (χ0n) is 17.2. The average molecular weight is 383 g/mol. The van der Waals surface area contributed by atoms with E-state index in [2.05, 4.69) is 20.9 Å². The molecule has 0 saturated carbocycles. The number of anilines is 1. The first-order chi connectivity index (χ1) is 13.4. The van der Waals surface area contributed by atoms with Crippen molar-refractivity contribution in [3.63, 3.8) is 0 Å². The van der Waals surface area contributed by atoms with Gasteiger partial charge in [-0.25, -0.2) is 0 Å². The summed E-state index contributed by atoms with van der Waals surface area (Å²) in [5, 5.41) is 0. The number of piperazine rings is 1. The number of nitrogens with one attached hydrogen (secondary N) is 1. The van der Waals surface area contributed by atoms with Gasteiger partial charge in [-0.05, 0) is 45.4 Å². The molecule has 0 amide bonds. The molecule has 1 aromatic heterocycles. The number of hydrogen-bond acceptors (Lipinski definition) is 5. The number of Topliss-reactive ketones (excluding diaryl/α,β-unsaturated/α-hetero) is 2. The highest BCUT2D eigenvalue weighted by Crippen LogP contribution is 2.29. The number of H-pyrrole nitrogens is 1. The van der Waals surface area contributed by atoms with E-state index in [1.165, 1.54) is 6.92 Å². The van der Waals surface area contributed by atoms with Crippen LogP contribution in [0.25, 0.3) is 0 Å². The molecule has 1 aliphatic rings. The Labute approximate surface area is 166 Å². The van der Waals surface area contributed by atoms with Crippen molar-refractivity contribution >= 4 is 17.3 Å². The van der Waals surface area contributed by atoms with Gasteiger partial charge in [0.2, 0.25) is 0 Å². The summed E-state index contributed by atoms with van der Waals surface area (Å²) in [6, 6.07) is 8.09. The molecule has 0 atom stereocenters. The highest BCUT2D eigenvalue weighted by atomic mass is 16.5. The number of carbonyl (C=O) groups excluding carboxylic acids is 2. The molecule has 150 valence electrons. The summed E-state index contributed by atoms with van der Waals surface area (Å²) in [6.07, 6.45) is 0. The first-order valence-corrected chi connectivity index (χ1v) is 9.84. The fraction of sp³-hybridized carbons (Fsp3) is 0.455. The van der Waals surface area contributed by atoms with Gasteiger partial charge in [0.1, 0.15) is 5.75 Å². The number of para-hydroxylation sites is 2. The van der Waals surface area contributed by atoms with E-state index in [1.807, 2.05) is 39.0 Å². The molecule has 2 aromatic rings. The van der Waals surface area contributed by atoms with Crippen LogP contribution in [0.2, 0.25) is 0 Å². The lowest BCUT2D eigenvalue weighted by atomic mass is 10.1. The molecule has 1 aromatic carbocycles. The molecule has 0 bridgehead atoms. The Balaban J connectivity index is 1.63. The second kappa shape index (κ2) is 8.61. The highest BCUT2D eigenvalue weighted by molar-refractivity contribution is 6.03. The highest BCUT2D eigenvalue weighted by Gasteiger charge is 2.24. The maximum atomic E-state index is 12.8. The molecule has 6 heteroatoms. The van der Waals surface area contributed by atoms with Crippen LogP contribution in [0, 0.1) is 13.8 Å². The van der Waals surface area contributed by atoms with Crippen molar-refractivity contribution in [2.75, 3.05) is 44.2 Å². The first kappa shape index (κ1) is 20.1. The summed E-state index contributed by atoms with van der Waals surface area (Å²) in [5.74, 6) is 0.937. The monoisotopic (exact) mass is 383 g/mol. The average Bonchev–Trinajstić information content (AvgIpc) is 2.97. The Morgan fingerprint density at radius 3 is 2.39 bits per heavy atom. The van der Waals surface area contributed by atoms with Crippen LogP contribution in [0.3, 0.4) is 0 Å². The van der Waals surface area contributed by atoms with Crippen LogP contribution in [0.15, 0.2) is 24.3 Å². The van der Waals surface area contributed by atoms with Crippen LogP contribution in [0.1, 0.15) is 46.0 Å².